The Balaban J connectivity index is 1.83. The lowest BCUT2D eigenvalue weighted by molar-refractivity contribution is -0.660. The molecule has 3 aromatic heterocycles. The van der Waals surface area contributed by atoms with Crippen LogP contribution < -0.4 is 4.57 Å². The minimum atomic E-state index is 1.24. The first-order valence-electron chi connectivity index (χ1n) is 10.8. The van der Waals surface area contributed by atoms with Gasteiger partial charge in [-0.25, -0.2) is 4.57 Å². The SMILES string of the molecule is Cc1ccc2c(cc3c4ccccc4n4c5ccccc5c2c34)c1-c1cccc[n+]1C. The van der Waals surface area contributed by atoms with E-state index >= 15 is 0 Å². The lowest BCUT2D eigenvalue weighted by atomic mass is 9.92. The number of fused-ring (bicyclic) bond motifs is 8. The summed E-state index contributed by atoms with van der Waals surface area (Å²) in [5.41, 5.74) is 7.76. The van der Waals surface area contributed by atoms with Crippen molar-refractivity contribution in [3.8, 4) is 11.3 Å². The zero-order chi connectivity index (χ0) is 20.7. The summed E-state index contributed by atoms with van der Waals surface area (Å²) in [6, 6.07) is 31.1. The van der Waals surface area contributed by atoms with Crippen LogP contribution in [0.3, 0.4) is 0 Å². The summed E-state index contributed by atoms with van der Waals surface area (Å²) < 4.78 is 4.68. The number of nitrogens with zero attached hydrogens (tertiary/aromatic N) is 2. The molecule has 0 bridgehead atoms. The number of hydrogen-bond donors (Lipinski definition) is 0. The largest absolute Gasteiger partial charge is 0.308 e. The maximum Gasteiger partial charge on any atom is 0.213 e. The van der Waals surface area contributed by atoms with E-state index in [1.165, 1.54) is 65.7 Å². The van der Waals surface area contributed by atoms with Gasteiger partial charge in [0, 0.05) is 33.7 Å². The smallest absolute Gasteiger partial charge is 0.213 e. The highest BCUT2D eigenvalue weighted by Gasteiger charge is 2.23. The fourth-order valence-corrected chi connectivity index (χ4v) is 5.55. The van der Waals surface area contributed by atoms with Gasteiger partial charge in [-0.05, 0) is 47.5 Å². The zero-order valence-electron chi connectivity index (χ0n) is 17.6. The molecule has 0 N–H and O–H groups in total. The Labute approximate surface area is 179 Å². The highest BCUT2D eigenvalue weighted by atomic mass is 14.9. The Kier molecular flexibility index (Phi) is 3.17. The minimum Gasteiger partial charge on any atom is -0.308 e. The third kappa shape index (κ3) is 2.04. The number of pyridine rings is 1. The highest BCUT2D eigenvalue weighted by Crippen LogP contribution is 2.45. The molecule has 0 saturated heterocycles. The second kappa shape index (κ2) is 5.83. The molecular weight excluding hydrogens is 376 g/mol. The quantitative estimate of drug-likeness (QED) is 0.270. The standard InChI is InChI=1S/C29H21N2/c1-18-14-15-20-22(27(18)26-13-7-8-16-30(26)2)17-23-19-9-3-5-11-24(19)31-25-12-6-4-10-21(25)28(20)29(23)31/h3-17H,1-2H3/q+1. The second-order valence-electron chi connectivity index (χ2n) is 8.57. The molecule has 146 valence electrons. The van der Waals surface area contributed by atoms with Gasteiger partial charge < -0.3 is 4.40 Å². The third-order valence-corrected chi connectivity index (χ3v) is 6.89. The van der Waals surface area contributed by atoms with Gasteiger partial charge in [0.2, 0.25) is 5.69 Å². The van der Waals surface area contributed by atoms with E-state index in [-0.39, 0.29) is 0 Å². The van der Waals surface area contributed by atoms with Crippen molar-refractivity contribution < 1.29 is 4.57 Å². The van der Waals surface area contributed by atoms with E-state index in [1.54, 1.807) is 0 Å². The molecule has 0 atom stereocenters. The molecule has 2 heteroatoms. The molecule has 0 aliphatic carbocycles. The van der Waals surface area contributed by atoms with Gasteiger partial charge in [-0.15, -0.1) is 0 Å². The maximum atomic E-state index is 2.46. The Hall–Kier alpha value is -3.91. The summed E-state index contributed by atoms with van der Waals surface area (Å²) in [4.78, 5) is 0. The summed E-state index contributed by atoms with van der Waals surface area (Å²) >= 11 is 0. The van der Waals surface area contributed by atoms with Crippen LogP contribution >= 0.6 is 0 Å². The summed E-state index contributed by atoms with van der Waals surface area (Å²) in [5.74, 6) is 0. The molecule has 0 aliphatic heterocycles. The van der Waals surface area contributed by atoms with Gasteiger partial charge in [-0.2, -0.15) is 0 Å². The monoisotopic (exact) mass is 397 g/mol. The van der Waals surface area contributed by atoms with Crippen LogP contribution in [0.25, 0.3) is 60.1 Å². The molecule has 2 nitrogen and oxygen atoms in total. The normalized spacial score (nSPS) is 12.2. The van der Waals surface area contributed by atoms with Crippen molar-refractivity contribution in [2.24, 2.45) is 7.05 Å². The molecule has 0 fully saturated rings. The molecular formula is C29H21N2+. The van der Waals surface area contributed by atoms with Gasteiger partial charge in [0.05, 0.1) is 22.1 Å². The zero-order valence-corrected chi connectivity index (χ0v) is 17.6. The van der Waals surface area contributed by atoms with Crippen LogP contribution in [0.15, 0.2) is 91.1 Å². The van der Waals surface area contributed by atoms with Gasteiger partial charge in [-0.3, -0.25) is 0 Å². The van der Waals surface area contributed by atoms with E-state index in [2.05, 4.69) is 114 Å². The van der Waals surface area contributed by atoms with Crippen LogP contribution in [0.5, 0.6) is 0 Å². The van der Waals surface area contributed by atoms with Gasteiger partial charge >= 0.3 is 0 Å². The van der Waals surface area contributed by atoms with Crippen LogP contribution in [-0.2, 0) is 7.05 Å². The van der Waals surface area contributed by atoms with Crippen molar-refractivity contribution in [2.45, 2.75) is 6.92 Å². The van der Waals surface area contributed by atoms with Crippen LogP contribution in [0, 0.1) is 6.92 Å². The lowest BCUT2D eigenvalue weighted by Crippen LogP contribution is -2.30. The first-order chi connectivity index (χ1) is 15.2. The van der Waals surface area contributed by atoms with Crippen LogP contribution in [0.1, 0.15) is 5.56 Å². The maximum absolute atomic E-state index is 2.46. The minimum absolute atomic E-state index is 1.24. The first kappa shape index (κ1) is 16.8. The average molecular weight is 398 g/mol. The topological polar surface area (TPSA) is 8.29 Å². The fraction of sp³-hybridized carbons (Fsp3) is 0.0690. The Morgan fingerprint density at radius 1 is 0.645 bits per heavy atom. The predicted molar refractivity (Wildman–Crippen MR) is 130 cm³/mol. The Morgan fingerprint density at radius 3 is 2.16 bits per heavy atom. The molecule has 3 heterocycles. The van der Waals surface area contributed by atoms with Crippen molar-refractivity contribution >= 4 is 48.9 Å². The van der Waals surface area contributed by atoms with E-state index < -0.39 is 0 Å². The second-order valence-corrected chi connectivity index (χ2v) is 8.57. The number of hydrogen-bond acceptors (Lipinski definition) is 0. The molecule has 0 unspecified atom stereocenters. The van der Waals surface area contributed by atoms with Gasteiger partial charge in [0.15, 0.2) is 6.20 Å². The molecule has 7 rings (SSSR count). The van der Waals surface area contributed by atoms with E-state index in [4.69, 9.17) is 0 Å². The predicted octanol–water partition coefficient (Wildman–Crippen LogP) is 6.79. The number of aryl methyl sites for hydroxylation is 2. The van der Waals surface area contributed by atoms with E-state index in [1.807, 2.05) is 0 Å². The number of benzene rings is 4. The molecule has 7 aromatic rings. The molecule has 0 saturated carbocycles. The van der Waals surface area contributed by atoms with Gasteiger partial charge in [-0.1, -0.05) is 48.5 Å². The molecule has 4 aromatic carbocycles. The number of aromatic nitrogens is 2. The van der Waals surface area contributed by atoms with Crippen molar-refractivity contribution in [3.63, 3.8) is 0 Å². The third-order valence-electron chi connectivity index (χ3n) is 6.89. The number of para-hydroxylation sites is 2. The van der Waals surface area contributed by atoms with Crippen molar-refractivity contribution in [2.75, 3.05) is 0 Å². The van der Waals surface area contributed by atoms with E-state index in [0.29, 0.717) is 0 Å². The van der Waals surface area contributed by atoms with Crippen molar-refractivity contribution in [1.82, 2.24) is 4.40 Å². The molecule has 0 amide bonds. The van der Waals surface area contributed by atoms with Crippen molar-refractivity contribution in [3.05, 3.63) is 96.7 Å². The van der Waals surface area contributed by atoms with Gasteiger partial charge in [0.25, 0.3) is 0 Å². The molecule has 0 spiro atoms. The van der Waals surface area contributed by atoms with E-state index in [9.17, 15) is 0 Å². The summed E-state index contributed by atoms with van der Waals surface area (Å²) in [6.45, 7) is 2.22. The molecule has 31 heavy (non-hydrogen) atoms. The van der Waals surface area contributed by atoms with Crippen LogP contribution in [0.4, 0.5) is 0 Å². The van der Waals surface area contributed by atoms with Crippen LogP contribution in [0.2, 0.25) is 0 Å². The highest BCUT2D eigenvalue weighted by molar-refractivity contribution is 6.32. The van der Waals surface area contributed by atoms with Crippen molar-refractivity contribution in [1.29, 1.82) is 0 Å². The molecule has 0 aliphatic rings. The summed E-state index contributed by atoms with van der Waals surface area (Å²) in [6.07, 6.45) is 2.13. The first-order valence-corrected chi connectivity index (χ1v) is 10.8. The lowest BCUT2D eigenvalue weighted by Gasteiger charge is -2.11. The van der Waals surface area contributed by atoms with E-state index in [0.717, 1.165) is 0 Å². The average Bonchev–Trinajstić information content (AvgIpc) is 3.31. The Morgan fingerprint density at radius 2 is 1.35 bits per heavy atom. The van der Waals surface area contributed by atoms with Gasteiger partial charge in [0.1, 0.15) is 7.05 Å². The molecule has 0 radical (unpaired) electrons. The number of rotatable bonds is 1. The fourth-order valence-electron chi connectivity index (χ4n) is 5.55. The van der Waals surface area contributed by atoms with Crippen LogP contribution in [-0.4, -0.2) is 4.40 Å². The summed E-state index contributed by atoms with van der Waals surface area (Å²) in [7, 11) is 2.13. The summed E-state index contributed by atoms with van der Waals surface area (Å²) in [5, 5.41) is 7.99. The Bertz CT molecular complexity index is 1800.